The van der Waals surface area contributed by atoms with Crippen LogP contribution in [0.4, 0.5) is 0 Å². The van der Waals surface area contributed by atoms with Gasteiger partial charge in [-0.15, -0.1) is 0 Å². The SMILES string of the molecule is O=C(O)COC1CCCc2cc(C=NOC(c3ccccc3)c3ccccc3)ccc2C1. The van der Waals surface area contributed by atoms with Crippen molar-refractivity contribution in [1.82, 2.24) is 0 Å². The summed E-state index contributed by atoms with van der Waals surface area (Å²) in [5, 5.41) is 13.2. The summed E-state index contributed by atoms with van der Waals surface area (Å²) >= 11 is 0. The van der Waals surface area contributed by atoms with E-state index in [1.807, 2.05) is 66.7 Å². The van der Waals surface area contributed by atoms with Gasteiger partial charge in [0.25, 0.3) is 0 Å². The van der Waals surface area contributed by atoms with Gasteiger partial charge in [-0.2, -0.15) is 0 Å². The average molecular weight is 430 g/mol. The zero-order valence-electron chi connectivity index (χ0n) is 17.9. The molecule has 1 aliphatic rings. The minimum atomic E-state index is -0.926. The van der Waals surface area contributed by atoms with Gasteiger partial charge in [0.2, 0.25) is 0 Å². The third-order valence-corrected chi connectivity index (χ3v) is 5.67. The molecular weight excluding hydrogens is 402 g/mol. The number of benzene rings is 3. The summed E-state index contributed by atoms with van der Waals surface area (Å²) in [5.41, 5.74) is 5.55. The lowest BCUT2D eigenvalue weighted by molar-refractivity contribution is -0.144. The summed E-state index contributed by atoms with van der Waals surface area (Å²) < 4.78 is 5.54. The van der Waals surface area contributed by atoms with Crippen LogP contribution in [0.15, 0.2) is 84.0 Å². The van der Waals surface area contributed by atoms with Gasteiger partial charge in [-0.25, -0.2) is 4.79 Å². The number of carbonyl (C=O) groups is 1. The number of carboxylic acid groups (broad SMARTS) is 1. The molecule has 1 atom stereocenters. The predicted molar refractivity (Wildman–Crippen MR) is 124 cm³/mol. The molecule has 0 aliphatic heterocycles. The van der Waals surface area contributed by atoms with Crippen molar-refractivity contribution in [3.63, 3.8) is 0 Å². The normalized spacial score (nSPS) is 16.0. The molecule has 0 saturated carbocycles. The molecule has 164 valence electrons. The topological polar surface area (TPSA) is 68.1 Å². The molecule has 3 aromatic rings. The maximum atomic E-state index is 10.8. The zero-order valence-corrected chi connectivity index (χ0v) is 17.9. The van der Waals surface area contributed by atoms with Crippen LogP contribution < -0.4 is 0 Å². The van der Waals surface area contributed by atoms with Crippen molar-refractivity contribution in [1.29, 1.82) is 0 Å². The first kappa shape index (κ1) is 21.8. The van der Waals surface area contributed by atoms with Crippen LogP contribution in [0.1, 0.15) is 46.8 Å². The molecule has 0 spiro atoms. The number of oxime groups is 1. The Hall–Kier alpha value is -3.44. The van der Waals surface area contributed by atoms with E-state index in [0.717, 1.165) is 42.4 Å². The van der Waals surface area contributed by atoms with Crippen molar-refractivity contribution in [2.24, 2.45) is 5.16 Å². The molecule has 5 heteroatoms. The largest absolute Gasteiger partial charge is 0.480 e. The first-order valence-corrected chi connectivity index (χ1v) is 10.9. The summed E-state index contributed by atoms with van der Waals surface area (Å²) in [4.78, 5) is 16.7. The van der Waals surface area contributed by atoms with E-state index in [4.69, 9.17) is 14.7 Å². The van der Waals surface area contributed by atoms with Crippen molar-refractivity contribution >= 4 is 12.2 Å². The second kappa shape index (κ2) is 10.7. The lowest BCUT2D eigenvalue weighted by Gasteiger charge is -2.16. The number of carboxylic acids is 1. The van der Waals surface area contributed by atoms with Gasteiger partial charge in [0, 0.05) is 0 Å². The lowest BCUT2D eigenvalue weighted by atomic mass is 10.00. The fourth-order valence-electron chi connectivity index (χ4n) is 4.08. The molecule has 0 bridgehead atoms. The van der Waals surface area contributed by atoms with Gasteiger partial charge in [-0.05, 0) is 59.6 Å². The highest BCUT2D eigenvalue weighted by Gasteiger charge is 2.19. The Bertz CT molecular complexity index is 1010. The van der Waals surface area contributed by atoms with E-state index in [1.165, 1.54) is 11.1 Å². The summed E-state index contributed by atoms with van der Waals surface area (Å²) in [6, 6.07) is 26.4. The Morgan fingerprint density at radius 3 is 2.34 bits per heavy atom. The highest BCUT2D eigenvalue weighted by atomic mass is 16.6. The molecule has 1 N–H and O–H groups in total. The molecular formula is C27H27NO4. The summed E-state index contributed by atoms with van der Waals surface area (Å²) in [6.45, 7) is -0.244. The molecule has 1 unspecified atom stereocenters. The first-order chi connectivity index (χ1) is 15.7. The fraction of sp³-hybridized carbons (Fsp3) is 0.259. The van der Waals surface area contributed by atoms with Crippen molar-refractivity contribution < 1.29 is 19.5 Å². The summed E-state index contributed by atoms with van der Waals surface area (Å²) in [6.07, 6.45) is 4.95. The minimum Gasteiger partial charge on any atom is -0.480 e. The second-order valence-corrected chi connectivity index (χ2v) is 7.99. The number of hydrogen-bond donors (Lipinski definition) is 1. The molecule has 5 nitrogen and oxygen atoms in total. The van der Waals surface area contributed by atoms with E-state index in [0.29, 0.717) is 0 Å². The van der Waals surface area contributed by atoms with Crippen molar-refractivity contribution in [2.45, 2.75) is 37.9 Å². The molecule has 4 rings (SSSR count). The maximum absolute atomic E-state index is 10.8. The number of rotatable bonds is 8. The third-order valence-electron chi connectivity index (χ3n) is 5.67. The van der Waals surface area contributed by atoms with E-state index >= 15 is 0 Å². The minimum absolute atomic E-state index is 0.0484. The number of nitrogens with zero attached hydrogens (tertiary/aromatic N) is 1. The van der Waals surface area contributed by atoms with E-state index < -0.39 is 5.97 Å². The first-order valence-electron chi connectivity index (χ1n) is 10.9. The molecule has 0 saturated heterocycles. The molecule has 3 aromatic carbocycles. The van der Waals surface area contributed by atoms with Crippen LogP contribution in [0.3, 0.4) is 0 Å². The van der Waals surface area contributed by atoms with E-state index in [2.05, 4.69) is 17.3 Å². The number of fused-ring (bicyclic) bond motifs is 1. The number of aliphatic carboxylic acids is 1. The molecule has 0 aromatic heterocycles. The van der Waals surface area contributed by atoms with Gasteiger partial charge in [0.15, 0.2) is 6.10 Å². The zero-order chi connectivity index (χ0) is 22.2. The van der Waals surface area contributed by atoms with Gasteiger partial charge >= 0.3 is 5.97 Å². The Labute approximate surface area is 188 Å². The van der Waals surface area contributed by atoms with Crippen molar-refractivity contribution in [3.05, 3.63) is 107 Å². The lowest BCUT2D eigenvalue weighted by Crippen LogP contribution is -2.19. The van der Waals surface area contributed by atoms with Crippen molar-refractivity contribution in [3.8, 4) is 0 Å². The van der Waals surface area contributed by atoms with E-state index in [9.17, 15) is 4.79 Å². The molecule has 0 radical (unpaired) electrons. The second-order valence-electron chi connectivity index (χ2n) is 7.99. The monoisotopic (exact) mass is 429 g/mol. The van der Waals surface area contributed by atoms with Crippen molar-refractivity contribution in [2.75, 3.05) is 6.61 Å². The van der Waals surface area contributed by atoms with E-state index in [1.54, 1.807) is 6.21 Å². The van der Waals surface area contributed by atoms with Gasteiger partial charge in [-0.3, -0.25) is 0 Å². The van der Waals surface area contributed by atoms with Crippen LogP contribution >= 0.6 is 0 Å². The number of ether oxygens (including phenoxy) is 1. The van der Waals surface area contributed by atoms with Crippen LogP contribution in [0.5, 0.6) is 0 Å². The third kappa shape index (κ3) is 5.83. The Morgan fingerprint density at radius 2 is 1.69 bits per heavy atom. The van der Waals surface area contributed by atoms with Gasteiger partial charge in [-0.1, -0.05) is 78.0 Å². The van der Waals surface area contributed by atoms with Crippen LogP contribution in [0, 0.1) is 0 Å². The average Bonchev–Trinajstić information content (AvgIpc) is 3.03. The highest BCUT2D eigenvalue weighted by molar-refractivity contribution is 5.79. The standard InChI is InChI=1S/C27H27NO4/c29-26(30)19-31-25-13-7-12-23-16-20(14-15-24(23)17-25)18-28-32-27(21-8-3-1-4-9-21)22-10-5-2-6-11-22/h1-6,8-11,14-16,18,25,27H,7,12-13,17,19H2,(H,29,30). The smallest absolute Gasteiger partial charge is 0.329 e. The Kier molecular flexibility index (Phi) is 7.31. The van der Waals surface area contributed by atoms with Gasteiger partial charge < -0.3 is 14.7 Å². The molecule has 0 amide bonds. The van der Waals surface area contributed by atoms with Gasteiger partial charge in [0.1, 0.15) is 6.61 Å². The highest BCUT2D eigenvalue weighted by Crippen LogP contribution is 2.26. The predicted octanol–water partition coefficient (Wildman–Crippen LogP) is 5.18. The Morgan fingerprint density at radius 1 is 1.00 bits per heavy atom. The summed E-state index contributed by atoms with van der Waals surface area (Å²) in [7, 11) is 0. The van der Waals surface area contributed by atoms with Crippen LogP contribution in [-0.4, -0.2) is 30.0 Å². The summed E-state index contributed by atoms with van der Waals surface area (Å²) in [5.74, 6) is -0.926. The van der Waals surface area contributed by atoms with Crippen LogP contribution in [0.25, 0.3) is 0 Å². The van der Waals surface area contributed by atoms with Gasteiger partial charge in [0.05, 0.1) is 12.3 Å². The quantitative estimate of drug-likeness (QED) is 0.305. The molecule has 32 heavy (non-hydrogen) atoms. The van der Waals surface area contributed by atoms with Crippen LogP contribution in [-0.2, 0) is 27.2 Å². The van der Waals surface area contributed by atoms with E-state index in [-0.39, 0.29) is 18.8 Å². The molecule has 1 aliphatic carbocycles. The van der Waals surface area contributed by atoms with Crippen LogP contribution in [0.2, 0.25) is 0 Å². The maximum Gasteiger partial charge on any atom is 0.329 e. The number of hydrogen-bond acceptors (Lipinski definition) is 4. The molecule has 0 heterocycles. The molecule has 0 fully saturated rings. The Balaban J connectivity index is 1.46. The number of aryl methyl sites for hydroxylation is 1. The fourth-order valence-corrected chi connectivity index (χ4v) is 4.08.